The van der Waals surface area contributed by atoms with Gasteiger partial charge in [0.25, 0.3) is 6.43 Å². The lowest BCUT2D eigenvalue weighted by Gasteiger charge is -2.06. The fraction of sp³-hybridized carbons (Fsp3) is 0.333. The van der Waals surface area contributed by atoms with E-state index in [0.717, 1.165) is 13.2 Å². The molecule has 18 heavy (non-hydrogen) atoms. The number of rotatable bonds is 4. The van der Waals surface area contributed by atoms with Gasteiger partial charge < -0.3 is 4.74 Å². The summed E-state index contributed by atoms with van der Waals surface area (Å²) in [6, 6.07) is 0.849. The maximum atomic E-state index is 12.7. The summed E-state index contributed by atoms with van der Waals surface area (Å²) in [7, 11) is 1.15. The van der Waals surface area contributed by atoms with Gasteiger partial charge in [-0.05, 0) is 28.7 Å². The van der Waals surface area contributed by atoms with Crippen molar-refractivity contribution >= 4 is 34.2 Å². The number of nitrogens with zero attached hydrogens (tertiary/aromatic N) is 2. The number of hydrogen-bond acceptors (Lipinski definition) is 5. The number of alkyl halides is 2. The first-order valence-corrected chi connectivity index (χ1v) is 5.63. The van der Waals surface area contributed by atoms with E-state index in [-0.39, 0.29) is 15.8 Å². The highest BCUT2D eigenvalue weighted by molar-refractivity contribution is 14.1. The third-order valence-corrected chi connectivity index (χ3v) is 2.76. The fourth-order valence-electron chi connectivity index (χ4n) is 1.24. The van der Waals surface area contributed by atoms with Crippen LogP contribution in [0, 0.1) is 13.8 Å². The van der Waals surface area contributed by atoms with E-state index in [1.165, 1.54) is 22.6 Å². The first-order valence-electron chi connectivity index (χ1n) is 4.55. The van der Waals surface area contributed by atoms with Crippen LogP contribution >= 0.6 is 22.6 Å². The molecule has 1 aromatic heterocycles. The van der Waals surface area contributed by atoms with Gasteiger partial charge in [0.1, 0.15) is 5.56 Å². The van der Waals surface area contributed by atoms with E-state index >= 15 is 0 Å². The zero-order valence-corrected chi connectivity index (χ0v) is 11.2. The van der Waals surface area contributed by atoms with Gasteiger partial charge in [-0.25, -0.2) is 13.8 Å². The highest BCUT2D eigenvalue weighted by Crippen LogP contribution is 2.32. The number of aromatic nitrogens is 1. The van der Waals surface area contributed by atoms with Gasteiger partial charge in [0.15, 0.2) is 3.70 Å². The number of hydrogen-bond donors (Lipinski definition) is 0. The molecule has 0 amide bonds. The van der Waals surface area contributed by atoms with Gasteiger partial charge in [-0.1, -0.05) is 0 Å². The van der Waals surface area contributed by atoms with Crippen molar-refractivity contribution in [1.29, 1.82) is 0 Å². The van der Waals surface area contributed by atoms with Crippen LogP contribution < -0.4 is 0 Å². The summed E-state index contributed by atoms with van der Waals surface area (Å²) in [5.41, 5.74) is -1.48. The molecule has 0 spiro atoms. The lowest BCUT2D eigenvalue weighted by atomic mass is 10.1. The second-order valence-electron chi connectivity index (χ2n) is 3.15. The van der Waals surface area contributed by atoms with Gasteiger partial charge in [0.05, 0.1) is 24.1 Å². The predicted octanol–water partition coefficient (Wildman–Crippen LogP) is 2.25. The molecule has 1 heterocycles. The van der Waals surface area contributed by atoms with E-state index in [0.29, 0.717) is 0 Å². The number of ether oxygens (including phenoxy) is 1. The molecule has 0 aliphatic carbocycles. The molecule has 0 radical (unpaired) electrons. The third kappa shape index (κ3) is 3.31. The minimum absolute atomic E-state index is 0.00662. The molecule has 0 aliphatic rings. The number of nitro groups is 1. The molecule has 98 valence electrons. The Morgan fingerprint density at radius 2 is 2.28 bits per heavy atom. The molecule has 0 aliphatic heterocycles. The lowest BCUT2D eigenvalue weighted by Crippen LogP contribution is -2.09. The number of esters is 1. The number of carbonyl (C=O) groups is 1. The zero-order valence-electron chi connectivity index (χ0n) is 9.02. The third-order valence-electron chi connectivity index (χ3n) is 2.00. The molecule has 1 rings (SSSR count). The zero-order chi connectivity index (χ0) is 13.9. The van der Waals surface area contributed by atoms with Crippen LogP contribution in [0.2, 0.25) is 0 Å². The summed E-state index contributed by atoms with van der Waals surface area (Å²) in [5.74, 6) is -0.660. The molecule has 0 bridgehead atoms. The highest BCUT2D eigenvalue weighted by Gasteiger charge is 2.27. The van der Waals surface area contributed by atoms with Crippen LogP contribution in [0.3, 0.4) is 0 Å². The molecule has 0 unspecified atom stereocenters. The molecular formula is C9H7F2IN2O4. The topological polar surface area (TPSA) is 82.3 Å². The van der Waals surface area contributed by atoms with E-state index in [9.17, 15) is 23.7 Å². The lowest BCUT2D eigenvalue weighted by molar-refractivity contribution is -0.387. The van der Waals surface area contributed by atoms with Gasteiger partial charge in [-0.2, -0.15) is 0 Å². The molecular weight excluding hydrogens is 365 g/mol. The van der Waals surface area contributed by atoms with Gasteiger partial charge >= 0.3 is 11.7 Å². The predicted molar refractivity (Wildman–Crippen MR) is 64.3 cm³/mol. The van der Waals surface area contributed by atoms with Crippen LogP contribution in [0.1, 0.15) is 17.7 Å². The van der Waals surface area contributed by atoms with Crippen LogP contribution in [0.25, 0.3) is 0 Å². The Kier molecular flexibility index (Phi) is 4.87. The maximum Gasteiger partial charge on any atom is 0.311 e. The molecule has 6 nitrogen and oxygen atoms in total. The maximum absolute atomic E-state index is 12.7. The first-order chi connectivity index (χ1) is 8.36. The Morgan fingerprint density at radius 1 is 1.67 bits per heavy atom. The standard InChI is InChI=1S/C9H7F2IN2O4/c1-18-6(15)3-4-2-5(8(10)11)7(14(16)17)9(12)13-4/h2,8H,3H2,1H3. The molecule has 0 saturated heterocycles. The fourth-order valence-corrected chi connectivity index (χ4v) is 2.05. The number of carbonyl (C=O) groups excluding carboxylic acids is 1. The van der Waals surface area contributed by atoms with Gasteiger partial charge in [0.2, 0.25) is 0 Å². The Balaban J connectivity index is 3.27. The minimum Gasteiger partial charge on any atom is -0.469 e. The van der Waals surface area contributed by atoms with Crippen molar-refractivity contribution in [3.05, 3.63) is 31.1 Å². The van der Waals surface area contributed by atoms with E-state index in [1.807, 2.05) is 0 Å². The molecule has 0 fully saturated rings. The number of halogens is 3. The van der Waals surface area contributed by atoms with Crippen molar-refractivity contribution in [2.45, 2.75) is 12.8 Å². The Hall–Kier alpha value is -1.39. The van der Waals surface area contributed by atoms with Gasteiger partial charge in [-0.3, -0.25) is 14.9 Å². The first kappa shape index (κ1) is 14.7. The summed E-state index contributed by atoms with van der Waals surface area (Å²) < 4.78 is 29.6. The monoisotopic (exact) mass is 372 g/mol. The SMILES string of the molecule is COC(=O)Cc1cc(C(F)F)c([N+](=O)[O-])c(I)n1. The largest absolute Gasteiger partial charge is 0.469 e. The number of methoxy groups -OCH3 is 1. The molecule has 1 aromatic rings. The van der Waals surface area contributed by atoms with E-state index in [2.05, 4.69) is 9.72 Å². The van der Waals surface area contributed by atoms with Crippen molar-refractivity contribution in [2.75, 3.05) is 7.11 Å². The van der Waals surface area contributed by atoms with E-state index < -0.39 is 28.6 Å². The molecule has 0 N–H and O–H groups in total. The Morgan fingerprint density at radius 3 is 2.72 bits per heavy atom. The van der Waals surface area contributed by atoms with E-state index in [1.54, 1.807) is 0 Å². The minimum atomic E-state index is -3.02. The summed E-state index contributed by atoms with van der Waals surface area (Å²) in [6.07, 6.45) is -3.33. The van der Waals surface area contributed by atoms with E-state index in [4.69, 9.17) is 0 Å². The second-order valence-corrected chi connectivity index (χ2v) is 4.17. The Labute approximate surface area is 114 Å². The van der Waals surface area contributed by atoms with Gasteiger partial charge in [-0.15, -0.1) is 0 Å². The van der Waals surface area contributed by atoms with Crippen molar-refractivity contribution in [1.82, 2.24) is 4.98 Å². The van der Waals surface area contributed by atoms with Crippen molar-refractivity contribution in [3.8, 4) is 0 Å². The summed E-state index contributed by atoms with van der Waals surface area (Å²) in [5, 5.41) is 10.7. The van der Waals surface area contributed by atoms with Crippen LogP contribution in [-0.2, 0) is 16.0 Å². The normalized spacial score (nSPS) is 10.5. The van der Waals surface area contributed by atoms with Crippen LogP contribution in [0.15, 0.2) is 6.07 Å². The Bertz CT molecular complexity index is 496. The smallest absolute Gasteiger partial charge is 0.311 e. The second kappa shape index (κ2) is 5.98. The average molecular weight is 372 g/mol. The van der Waals surface area contributed by atoms with Crippen LogP contribution in [0.4, 0.5) is 14.5 Å². The molecule has 9 heteroatoms. The summed E-state index contributed by atoms with van der Waals surface area (Å²) >= 11 is 1.48. The quantitative estimate of drug-likeness (QED) is 0.266. The van der Waals surface area contributed by atoms with Crippen molar-refractivity contribution in [2.24, 2.45) is 0 Å². The van der Waals surface area contributed by atoms with Crippen LogP contribution in [0.5, 0.6) is 0 Å². The summed E-state index contributed by atoms with van der Waals surface area (Å²) in [4.78, 5) is 24.5. The number of pyridine rings is 1. The van der Waals surface area contributed by atoms with Crippen molar-refractivity contribution < 1.29 is 23.2 Å². The average Bonchev–Trinajstić information content (AvgIpc) is 2.27. The molecule has 0 atom stereocenters. The highest BCUT2D eigenvalue weighted by atomic mass is 127. The van der Waals surface area contributed by atoms with Crippen molar-refractivity contribution in [3.63, 3.8) is 0 Å². The van der Waals surface area contributed by atoms with Crippen LogP contribution in [-0.4, -0.2) is 23.0 Å². The summed E-state index contributed by atoms with van der Waals surface area (Å²) in [6.45, 7) is 0. The molecule has 0 aromatic carbocycles. The molecule has 0 saturated carbocycles. The van der Waals surface area contributed by atoms with Gasteiger partial charge in [0, 0.05) is 0 Å².